The van der Waals surface area contributed by atoms with Crippen molar-refractivity contribution in [3.05, 3.63) is 41.1 Å². The summed E-state index contributed by atoms with van der Waals surface area (Å²) < 4.78 is 15.3. The lowest BCUT2D eigenvalue weighted by Crippen LogP contribution is -2.50. The third kappa shape index (κ3) is 4.50. The molecule has 1 aliphatic heterocycles. The van der Waals surface area contributed by atoms with Crippen molar-refractivity contribution >= 4 is 18.0 Å². The molecule has 8 nitrogen and oxygen atoms in total. The zero-order valence-electron chi connectivity index (χ0n) is 14.3. The second-order valence-electron chi connectivity index (χ2n) is 5.24. The van der Waals surface area contributed by atoms with E-state index in [4.69, 9.17) is 9.47 Å². The third-order valence-corrected chi connectivity index (χ3v) is 3.52. The van der Waals surface area contributed by atoms with Crippen LogP contribution in [-0.2, 0) is 14.3 Å². The average Bonchev–Trinajstić information content (AvgIpc) is 2.59. The Bertz CT molecular complexity index is 696. The molecule has 0 saturated carbocycles. The Balaban J connectivity index is 2.14. The molecule has 8 heteroatoms. The van der Waals surface area contributed by atoms with Gasteiger partial charge in [0.15, 0.2) is 0 Å². The molecule has 25 heavy (non-hydrogen) atoms. The maximum atomic E-state index is 12.1. The molecule has 0 aliphatic carbocycles. The highest BCUT2D eigenvalue weighted by Gasteiger charge is 2.29. The fourth-order valence-electron chi connectivity index (χ4n) is 2.35. The highest BCUT2D eigenvalue weighted by Crippen LogP contribution is 2.17. The molecule has 2 rings (SSSR count). The van der Waals surface area contributed by atoms with Gasteiger partial charge in [-0.25, -0.2) is 14.4 Å². The molecule has 0 aromatic heterocycles. The van der Waals surface area contributed by atoms with E-state index in [0.717, 1.165) is 0 Å². The fourth-order valence-corrected chi connectivity index (χ4v) is 2.35. The minimum Gasteiger partial charge on any atom is -0.487 e. The van der Waals surface area contributed by atoms with E-state index in [1.54, 1.807) is 38.1 Å². The number of hydrogen-bond donors (Lipinski definition) is 2. The maximum Gasteiger partial charge on any atom is 0.338 e. The van der Waals surface area contributed by atoms with Crippen LogP contribution in [0.25, 0.3) is 0 Å². The molecule has 1 atom stereocenters. The first-order valence-electron chi connectivity index (χ1n) is 7.75. The number of nitrogens with one attached hydrogen (secondary N) is 2. The van der Waals surface area contributed by atoms with Crippen molar-refractivity contribution in [2.45, 2.75) is 19.9 Å². The normalized spacial score (nSPS) is 16.6. The van der Waals surface area contributed by atoms with Gasteiger partial charge in [0.2, 0.25) is 0 Å². The van der Waals surface area contributed by atoms with E-state index < -0.39 is 24.0 Å². The maximum absolute atomic E-state index is 12.1. The van der Waals surface area contributed by atoms with E-state index in [0.29, 0.717) is 22.6 Å². The summed E-state index contributed by atoms with van der Waals surface area (Å²) in [7, 11) is 1.30. The van der Waals surface area contributed by atoms with Crippen molar-refractivity contribution < 1.29 is 28.6 Å². The van der Waals surface area contributed by atoms with Gasteiger partial charge in [-0.1, -0.05) is 0 Å². The minimum absolute atomic E-state index is 0.0243. The van der Waals surface area contributed by atoms with Crippen LogP contribution < -0.4 is 15.4 Å². The van der Waals surface area contributed by atoms with Crippen LogP contribution in [0.3, 0.4) is 0 Å². The van der Waals surface area contributed by atoms with E-state index in [-0.39, 0.29) is 13.2 Å². The second-order valence-corrected chi connectivity index (χ2v) is 5.24. The molecule has 0 fully saturated rings. The van der Waals surface area contributed by atoms with Crippen LogP contribution in [0, 0.1) is 0 Å². The molecule has 2 amide bonds. The highest BCUT2D eigenvalue weighted by molar-refractivity contribution is 5.94. The Kier molecular flexibility index (Phi) is 5.99. The average molecular weight is 348 g/mol. The summed E-state index contributed by atoms with van der Waals surface area (Å²) in [5.74, 6) is -0.482. The summed E-state index contributed by atoms with van der Waals surface area (Å²) in [4.78, 5) is 35.2. The molecule has 1 aliphatic rings. The van der Waals surface area contributed by atoms with Crippen LogP contribution in [-0.4, -0.2) is 44.3 Å². The monoisotopic (exact) mass is 348 g/mol. The molecule has 0 radical (unpaired) electrons. The zero-order valence-corrected chi connectivity index (χ0v) is 14.3. The molecule has 1 heterocycles. The number of carbonyl (C=O) groups is 3. The smallest absolute Gasteiger partial charge is 0.338 e. The van der Waals surface area contributed by atoms with Gasteiger partial charge in [-0.3, -0.25) is 0 Å². The van der Waals surface area contributed by atoms with Gasteiger partial charge in [0, 0.05) is 0 Å². The highest BCUT2D eigenvalue weighted by atomic mass is 16.5. The van der Waals surface area contributed by atoms with E-state index >= 15 is 0 Å². The first kappa shape index (κ1) is 18.3. The van der Waals surface area contributed by atoms with Crippen molar-refractivity contribution in [3.8, 4) is 5.75 Å². The predicted octanol–water partition coefficient (Wildman–Crippen LogP) is 1.37. The molecule has 1 unspecified atom stereocenters. The molecule has 1 aromatic rings. The Labute approximate surface area is 145 Å². The van der Waals surface area contributed by atoms with Crippen LogP contribution >= 0.6 is 0 Å². The van der Waals surface area contributed by atoms with Gasteiger partial charge in [0.05, 0.1) is 36.6 Å². The number of ether oxygens (including phenoxy) is 3. The summed E-state index contributed by atoms with van der Waals surface area (Å²) in [5, 5.41) is 5.18. The van der Waals surface area contributed by atoms with Crippen molar-refractivity contribution in [3.63, 3.8) is 0 Å². The third-order valence-electron chi connectivity index (χ3n) is 3.52. The molecule has 1 aromatic carbocycles. The van der Waals surface area contributed by atoms with Crippen LogP contribution in [0.15, 0.2) is 35.5 Å². The van der Waals surface area contributed by atoms with Gasteiger partial charge in [-0.15, -0.1) is 0 Å². The largest absolute Gasteiger partial charge is 0.487 e. The number of benzene rings is 1. The first-order valence-corrected chi connectivity index (χ1v) is 7.75. The van der Waals surface area contributed by atoms with E-state index in [9.17, 15) is 14.4 Å². The minimum atomic E-state index is -0.512. The fraction of sp³-hybridized carbons (Fsp3) is 0.353. The van der Waals surface area contributed by atoms with Gasteiger partial charge in [-0.2, -0.15) is 0 Å². The standard InChI is InChI=1S/C17H20N2O6/c1-4-24-16(21)14-10(2)18-17(22)19-13(14)9-25-12-7-5-11(6-8-12)15(20)23-3/h5-8,10H,4,9H2,1-3H3,(H2,18,19,22). The molecular weight excluding hydrogens is 328 g/mol. The van der Waals surface area contributed by atoms with Crippen LogP contribution in [0.4, 0.5) is 4.79 Å². The molecule has 0 saturated heterocycles. The Morgan fingerprint density at radius 1 is 1.16 bits per heavy atom. The number of urea groups is 1. The summed E-state index contributed by atoms with van der Waals surface area (Å²) in [6, 6.07) is 5.41. The molecule has 134 valence electrons. The number of esters is 2. The van der Waals surface area contributed by atoms with Crippen molar-refractivity contribution in [2.24, 2.45) is 0 Å². The second kappa shape index (κ2) is 8.18. The predicted molar refractivity (Wildman–Crippen MR) is 88.1 cm³/mol. The van der Waals surface area contributed by atoms with Crippen LogP contribution in [0.2, 0.25) is 0 Å². The molecule has 2 N–H and O–H groups in total. The summed E-state index contributed by atoms with van der Waals surface area (Å²) >= 11 is 0. The van der Waals surface area contributed by atoms with Crippen LogP contribution in [0.1, 0.15) is 24.2 Å². The number of rotatable bonds is 6. The van der Waals surface area contributed by atoms with Gasteiger partial charge in [0.1, 0.15) is 12.4 Å². The number of hydrogen-bond acceptors (Lipinski definition) is 6. The lowest BCUT2D eigenvalue weighted by molar-refractivity contribution is -0.139. The molecule has 0 bridgehead atoms. The summed E-state index contributed by atoms with van der Waals surface area (Å²) in [5.41, 5.74) is 1.05. The Morgan fingerprint density at radius 2 is 1.84 bits per heavy atom. The molecular formula is C17H20N2O6. The molecule has 0 spiro atoms. The Morgan fingerprint density at radius 3 is 2.44 bits per heavy atom. The lowest BCUT2D eigenvalue weighted by atomic mass is 10.0. The number of amides is 2. The quantitative estimate of drug-likeness (QED) is 0.753. The van der Waals surface area contributed by atoms with E-state index in [1.807, 2.05) is 0 Å². The SMILES string of the molecule is CCOC(=O)C1=C(COc2ccc(C(=O)OC)cc2)NC(=O)NC1C. The summed E-state index contributed by atoms with van der Waals surface area (Å²) in [6.45, 7) is 3.60. The van der Waals surface area contributed by atoms with Crippen molar-refractivity contribution in [1.29, 1.82) is 0 Å². The zero-order chi connectivity index (χ0) is 18.4. The van der Waals surface area contributed by atoms with Gasteiger partial charge >= 0.3 is 18.0 Å². The number of carbonyl (C=O) groups excluding carboxylic acids is 3. The van der Waals surface area contributed by atoms with Crippen molar-refractivity contribution in [2.75, 3.05) is 20.3 Å². The Hall–Kier alpha value is -3.03. The van der Waals surface area contributed by atoms with E-state index in [1.165, 1.54) is 7.11 Å². The van der Waals surface area contributed by atoms with Gasteiger partial charge in [-0.05, 0) is 38.1 Å². The lowest BCUT2D eigenvalue weighted by Gasteiger charge is -2.26. The van der Waals surface area contributed by atoms with E-state index in [2.05, 4.69) is 15.4 Å². The van der Waals surface area contributed by atoms with Gasteiger partial charge < -0.3 is 24.8 Å². The number of methoxy groups -OCH3 is 1. The topological polar surface area (TPSA) is 103 Å². The first-order chi connectivity index (χ1) is 12.0. The summed E-state index contributed by atoms with van der Waals surface area (Å²) in [6.07, 6.45) is 0. The van der Waals surface area contributed by atoms with Gasteiger partial charge in [0.25, 0.3) is 0 Å². The van der Waals surface area contributed by atoms with Crippen LogP contribution in [0.5, 0.6) is 5.75 Å². The van der Waals surface area contributed by atoms with Crippen molar-refractivity contribution in [1.82, 2.24) is 10.6 Å².